The first kappa shape index (κ1) is 37.3. The van der Waals surface area contributed by atoms with Gasteiger partial charge in [0.05, 0.1) is 5.69 Å². The molecule has 0 bridgehead atoms. The Morgan fingerprint density at radius 1 is 0.837 bits per heavy atom. The van der Waals surface area contributed by atoms with Gasteiger partial charge in [-0.05, 0) is 67.0 Å². The SMILES string of the molecule is CCCCCCCCCCCCCCCC(=O)O[C@@H](C)N1C(=O)CCc2ccc(CCN3CCN(c4cc(F)cc5sccc45)CC3)cc21. The fourth-order valence-electron chi connectivity index (χ4n) is 7.47. The summed E-state index contributed by atoms with van der Waals surface area (Å²) in [6.07, 6.45) is 18.3. The lowest BCUT2D eigenvalue weighted by Crippen LogP contribution is -2.47. The molecule has 1 aromatic heterocycles. The smallest absolute Gasteiger partial charge is 0.307 e. The number of rotatable bonds is 20. The molecule has 1 fully saturated rings. The number of carbonyl (C=O) groups is 2. The molecule has 2 aliphatic heterocycles. The summed E-state index contributed by atoms with van der Waals surface area (Å²) in [5, 5.41) is 3.16. The van der Waals surface area contributed by atoms with Crippen molar-refractivity contribution in [3.63, 3.8) is 0 Å². The van der Waals surface area contributed by atoms with Gasteiger partial charge in [-0.15, -0.1) is 11.3 Å². The molecule has 2 aliphatic rings. The van der Waals surface area contributed by atoms with E-state index in [9.17, 15) is 14.0 Å². The van der Waals surface area contributed by atoms with Gasteiger partial charge in [0.15, 0.2) is 6.23 Å². The zero-order valence-electron chi connectivity index (χ0n) is 30.0. The van der Waals surface area contributed by atoms with Crippen LogP contribution >= 0.6 is 11.3 Å². The van der Waals surface area contributed by atoms with Gasteiger partial charge in [-0.1, -0.05) is 96.1 Å². The van der Waals surface area contributed by atoms with Crippen molar-refractivity contribution in [2.75, 3.05) is 42.5 Å². The number of aryl methyl sites for hydroxylation is 1. The number of unbranched alkanes of at least 4 members (excludes halogenated alkanes) is 12. The monoisotopic (exact) mass is 691 g/mol. The second kappa shape index (κ2) is 19.4. The number of ether oxygens (including phenoxy) is 1. The van der Waals surface area contributed by atoms with E-state index in [2.05, 4.69) is 41.0 Å². The van der Waals surface area contributed by atoms with Crippen molar-refractivity contribution in [3.05, 3.63) is 58.7 Å². The second-order valence-corrected chi connectivity index (χ2v) is 15.1. The van der Waals surface area contributed by atoms with Gasteiger partial charge in [-0.25, -0.2) is 4.39 Å². The van der Waals surface area contributed by atoms with Crippen molar-refractivity contribution in [2.45, 2.75) is 129 Å². The first-order chi connectivity index (χ1) is 23.9. The number of nitrogens with zero attached hydrogens (tertiary/aromatic N) is 3. The maximum Gasteiger partial charge on any atom is 0.307 e. The van der Waals surface area contributed by atoms with E-state index in [4.69, 9.17) is 4.74 Å². The van der Waals surface area contributed by atoms with Crippen LogP contribution in [0.15, 0.2) is 41.8 Å². The van der Waals surface area contributed by atoms with Crippen LogP contribution in [0.3, 0.4) is 0 Å². The Bertz CT molecular complexity index is 1480. The number of carbonyl (C=O) groups excluding carboxylic acids is 2. The summed E-state index contributed by atoms with van der Waals surface area (Å²) in [5.41, 5.74) is 4.18. The zero-order chi connectivity index (χ0) is 34.4. The van der Waals surface area contributed by atoms with Crippen LogP contribution in [-0.4, -0.2) is 55.7 Å². The third-order valence-corrected chi connectivity index (χ3v) is 11.2. The molecule has 0 unspecified atom stereocenters. The van der Waals surface area contributed by atoms with Gasteiger partial charge < -0.3 is 9.64 Å². The first-order valence-corrected chi connectivity index (χ1v) is 20.1. The molecule has 0 radical (unpaired) electrons. The summed E-state index contributed by atoms with van der Waals surface area (Å²) < 4.78 is 21.1. The normalized spacial score (nSPS) is 15.9. The number of halogens is 1. The number of amides is 1. The van der Waals surface area contributed by atoms with E-state index in [1.54, 1.807) is 28.4 Å². The molecule has 0 saturated carbocycles. The van der Waals surface area contributed by atoms with E-state index in [1.165, 1.54) is 76.2 Å². The van der Waals surface area contributed by atoms with Gasteiger partial charge in [-0.3, -0.25) is 19.4 Å². The number of esters is 1. The predicted octanol–water partition coefficient (Wildman–Crippen LogP) is 10.1. The summed E-state index contributed by atoms with van der Waals surface area (Å²) >= 11 is 1.58. The minimum atomic E-state index is -0.623. The van der Waals surface area contributed by atoms with E-state index >= 15 is 0 Å². The molecule has 0 N–H and O–H groups in total. The summed E-state index contributed by atoms with van der Waals surface area (Å²) in [6.45, 7) is 8.58. The Kier molecular flexibility index (Phi) is 14.8. The molecule has 8 heteroatoms. The lowest BCUT2D eigenvalue weighted by Gasteiger charge is -2.36. The van der Waals surface area contributed by atoms with Crippen molar-refractivity contribution >= 4 is 44.7 Å². The average Bonchev–Trinajstić information content (AvgIpc) is 3.57. The molecule has 3 aromatic rings. The summed E-state index contributed by atoms with van der Waals surface area (Å²) in [6, 6.07) is 11.8. The van der Waals surface area contributed by atoms with Crippen LogP contribution < -0.4 is 9.80 Å². The average molecular weight is 692 g/mol. The van der Waals surface area contributed by atoms with E-state index in [1.807, 2.05) is 12.3 Å². The third-order valence-electron chi connectivity index (χ3n) is 10.4. The zero-order valence-corrected chi connectivity index (χ0v) is 30.8. The molecule has 1 atom stereocenters. The van der Waals surface area contributed by atoms with Crippen LogP contribution in [-0.2, 0) is 27.2 Å². The van der Waals surface area contributed by atoms with Crippen LogP contribution in [0.2, 0.25) is 0 Å². The lowest BCUT2D eigenvalue weighted by atomic mass is 9.97. The molecule has 0 aliphatic carbocycles. The van der Waals surface area contributed by atoms with Crippen LogP contribution in [0.5, 0.6) is 0 Å². The molecule has 5 rings (SSSR count). The molecule has 1 saturated heterocycles. The number of piperazine rings is 1. The molecule has 3 heterocycles. The first-order valence-electron chi connectivity index (χ1n) is 19.2. The van der Waals surface area contributed by atoms with E-state index < -0.39 is 6.23 Å². The largest absolute Gasteiger partial charge is 0.441 e. The van der Waals surface area contributed by atoms with Gasteiger partial charge in [0.1, 0.15) is 5.82 Å². The fraction of sp³-hybridized carbons (Fsp3) is 0.610. The maximum absolute atomic E-state index is 14.3. The minimum absolute atomic E-state index is 0.0131. The highest BCUT2D eigenvalue weighted by Gasteiger charge is 2.30. The van der Waals surface area contributed by atoms with Crippen molar-refractivity contribution in [1.29, 1.82) is 0 Å². The van der Waals surface area contributed by atoms with Crippen molar-refractivity contribution in [1.82, 2.24) is 4.90 Å². The quantitative estimate of drug-likeness (QED) is 0.0872. The number of thiophene rings is 1. The fourth-order valence-corrected chi connectivity index (χ4v) is 8.30. The topological polar surface area (TPSA) is 53.1 Å². The van der Waals surface area contributed by atoms with Gasteiger partial charge in [0, 0.05) is 61.3 Å². The van der Waals surface area contributed by atoms with Crippen LogP contribution in [0.4, 0.5) is 15.8 Å². The van der Waals surface area contributed by atoms with Crippen molar-refractivity contribution in [3.8, 4) is 0 Å². The molecule has 2 aromatic carbocycles. The van der Waals surface area contributed by atoms with Gasteiger partial charge in [0.25, 0.3) is 0 Å². The lowest BCUT2D eigenvalue weighted by molar-refractivity contribution is -0.149. The molecule has 1 amide bonds. The molecule has 6 nitrogen and oxygen atoms in total. The Balaban J connectivity index is 1.02. The van der Waals surface area contributed by atoms with Gasteiger partial charge in [-0.2, -0.15) is 0 Å². The number of hydrogen-bond donors (Lipinski definition) is 0. The number of anilines is 2. The maximum atomic E-state index is 14.3. The Morgan fingerprint density at radius 3 is 2.20 bits per heavy atom. The minimum Gasteiger partial charge on any atom is -0.441 e. The molecular weight excluding hydrogens is 634 g/mol. The van der Waals surface area contributed by atoms with Crippen LogP contribution in [0.25, 0.3) is 10.1 Å². The Morgan fingerprint density at radius 2 is 1.51 bits per heavy atom. The number of fused-ring (bicyclic) bond motifs is 2. The second-order valence-electron chi connectivity index (χ2n) is 14.1. The number of benzene rings is 2. The van der Waals surface area contributed by atoms with E-state index in [0.29, 0.717) is 19.3 Å². The summed E-state index contributed by atoms with van der Waals surface area (Å²) in [7, 11) is 0. The summed E-state index contributed by atoms with van der Waals surface area (Å²) in [5.74, 6) is -0.380. The Hall–Kier alpha value is -2.97. The Labute approximate surface area is 298 Å². The molecule has 268 valence electrons. The van der Waals surface area contributed by atoms with Crippen LogP contribution in [0, 0.1) is 5.82 Å². The highest BCUT2D eigenvalue weighted by Crippen LogP contribution is 2.33. The van der Waals surface area contributed by atoms with E-state index in [-0.39, 0.29) is 17.7 Å². The molecule has 0 spiro atoms. The highest BCUT2D eigenvalue weighted by molar-refractivity contribution is 7.17. The molecule has 49 heavy (non-hydrogen) atoms. The molecular formula is C41H58FN3O3S. The highest BCUT2D eigenvalue weighted by atomic mass is 32.1. The standard InChI is InChI=1S/C41H58FN3O3S/c1-3-4-5-6-7-8-9-10-11-12-13-14-15-16-41(47)48-32(2)45-37-29-33(17-18-34(37)19-20-40(45)46)21-23-43-24-26-44(27-25-43)38-30-35(42)31-39-36(38)22-28-49-39/h17-18,22,28-32H,3-16,19-21,23-27H2,1-2H3/t32-/m0/s1. The van der Waals surface area contributed by atoms with Crippen molar-refractivity contribution < 1.29 is 18.7 Å². The predicted molar refractivity (Wildman–Crippen MR) is 202 cm³/mol. The third kappa shape index (κ3) is 11.0. The van der Waals surface area contributed by atoms with Gasteiger partial charge in [0.2, 0.25) is 5.91 Å². The number of hydrogen-bond acceptors (Lipinski definition) is 6. The summed E-state index contributed by atoms with van der Waals surface area (Å²) in [4.78, 5) is 32.3. The van der Waals surface area contributed by atoms with Crippen molar-refractivity contribution in [2.24, 2.45) is 0 Å². The van der Waals surface area contributed by atoms with Crippen LogP contribution in [0.1, 0.15) is 121 Å². The van der Waals surface area contributed by atoms with Gasteiger partial charge >= 0.3 is 5.97 Å². The van der Waals surface area contributed by atoms with E-state index in [0.717, 1.165) is 79.0 Å².